The fourth-order valence-corrected chi connectivity index (χ4v) is 5.37. The van der Waals surface area contributed by atoms with Gasteiger partial charge in [-0.1, -0.05) is 6.07 Å². The zero-order valence-electron chi connectivity index (χ0n) is 16.6. The second-order valence-corrected chi connectivity index (χ2v) is 8.61. The first-order valence-electron chi connectivity index (χ1n) is 10.9. The van der Waals surface area contributed by atoms with E-state index in [1.165, 1.54) is 45.3 Å². The minimum Gasteiger partial charge on any atom is -0.324 e. The van der Waals surface area contributed by atoms with Crippen LogP contribution in [0.15, 0.2) is 16.9 Å². The Morgan fingerprint density at radius 2 is 1.69 bits per heavy atom. The highest BCUT2D eigenvalue weighted by molar-refractivity contribution is 5.70. The summed E-state index contributed by atoms with van der Waals surface area (Å²) in [6.07, 6.45) is 9.02. The Labute approximate surface area is 168 Å². The molecule has 7 heteroatoms. The molecule has 1 aromatic carbocycles. The highest BCUT2D eigenvalue weighted by Crippen LogP contribution is 2.39. The Balaban J connectivity index is 1.39. The van der Waals surface area contributed by atoms with Gasteiger partial charge in [0.2, 0.25) is 5.95 Å². The van der Waals surface area contributed by atoms with Crippen molar-refractivity contribution in [2.24, 2.45) is 0 Å². The standard InChI is InChI=1S/C22H26N6O/c29-19-12-18(13-7-9-23-10-8-13)24-22-26-21(27-28(19)22)25-20-16-5-1-3-14(16)11-15-4-2-6-17(15)20/h11-13,23H,1-10H2,(H2,24,25,26,27). The number of benzene rings is 1. The largest absolute Gasteiger partial charge is 0.324 e. The average Bonchev–Trinajstić information content (AvgIpc) is 3.47. The maximum atomic E-state index is 12.7. The third-order valence-corrected chi connectivity index (χ3v) is 6.82. The van der Waals surface area contributed by atoms with E-state index in [0.29, 0.717) is 17.6 Å². The molecule has 0 saturated carbocycles. The van der Waals surface area contributed by atoms with E-state index in [-0.39, 0.29) is 5.56 Å². The highest BCUT2D eigenvalue weighted by atomic mass is 16.1. The van der Waals surface area contributed by atoms with Gasteiger partial charge in [-0.3, -0.25) is 9.89 Å². The molecule has 0 radical (unpaired) electrons. The number of piperidine rings is 1. The van der Waals surface area contributed by atoms with Crippen LogP contribution < -0.4 is 16.2 Å². The zero-order valence-corrected chi connectivity index (χ0v) is 16.6. The Morgan fingerprint density at radius 3 is 2.41 bits per heavy atom. The molecule has 0 bridgehead atoms. The molecule has 0 unspecified atom stereocenters. The molecule has 150 valence electrons. The maximum Gasteiger partial charge on any atom is 0.274 e. The van der Waals surface area contributed by atoms with E-state index in [0.717, 1.165) is 57.3 Å². The van der Waals surface area contributed by atoms with Gasteiger partial charge in [-0.15, -0.1) is 0 Å². The number of aromatic nitrogens is 4. The summed E-state index contributed by atoms with van der Waals surface area (Å²) in [5.74, 6) is 1.40. The monoisotopic (exact) mass is 390 g/mol. The Kier molecular flexibility index (Phi) is 3.97. The van der Waals surface area contributed by atoms with Crippen molar-refractivity contribution < 1.29 is 0 Å². The van der Waals surface area contributed by atoms with E-state index < -0.39 is 0 Å². The Hall–Kier alpha value is -2.67. The van der Waals surface area contributed by atoms with Crippen LogP contribution in [0.25, 0.3) is 5.78 Å². The van der Waals surface area contributed by atoms with Crippen molar-refractivity contribution in [3.05, 3.63) is 50.4 Å². The van der Waals surface area contributed by atoms with Gasteiger partial charge in [0, 0.05) is 17.7 Å². The van der Waals surface area contributed by atoms with E-state index in [1.54, 1.807) is 6.07 Å². The third-order valence-electron chi connectivity index (χ3n) is 6.82. The van der Waals surface area contributed by atoms with E-state index in [2.05, 4.69) is 26.8 Å². The number of nitrogens with one attached hydrogen (secondary N) is 3. The summed E-state index contributed by atoms with van der Waals surface area (Å²) >= 11 is 0. The normalized spacial score (nSPS) is 18.9. The summed E-state index contributed by atoms with van der Waals surface area (Å²) < 4.78 is 1.45. The lowest BCUT2D eigenvalue weighted by Gasteiger charge is -2.21. The molecular weight excluding hydrogens is 364 g/mol. The maximum absolute atomic E-state index is 12.7. The summed E-state index contributed by atoms with van der Waals surface area (Å²) in [6.45, 7) is 1.95. The van der Waals surface area contributed by atoms with Crippen molar-refractivity contribution in [2.45, 2.75) is 57.3 Å². The molecule has 1 aliphatic heterocycles. The fraction of sp³-hybridized carbons (Fsp3) is 0.500. The van der Waals surface area contributed by atoms with Crippen LogP contribution in [0.1, 0.15) is 59.5 Å². The van der Waals surface area contributed by atoms with Crippen LogP contribution in [-0.4, -0.2) is 32.7 Å². The van der Waals surface area contributed by atoms with Crippen molar-refractivity contribution in [3.8, 4) is 0 Å². The smallest absolute Gasteiger partial charge is 0.274 e. The van der Waals surface area contributed by atoms with Crippen LogP contribution in [0.3, 0.4) is 0 Å². The van der Waals surface area contributed by atoms with Crippen molar-refractivity contribution in [3.63, 3.8) is 0 Å². The molecule has 3 N–H and O–H groups in total. The van der Waals surface area contributed by atoms with Gasteiger partial charge >= 0.3 is 0 Å². The summed E-state index contributed by atoms with van der Waals surface area (Å²) in [6, 6.07) is 4.09. The molecule has 1 fully saturated rings. The molecule has 3 heterocycles. The lowest BCUT2D eigenvalue weighted by Crippen LogP contribution is -2.28. The lowest BCUT2D eigenvalue weighted by atomic mass is 9.94. The van der Waals surface area contributed by atoms with Crippen LogP contribution in [-0.2, 0) is 25.7 Å². The Bertz CT molecular complexity index is 1120. The summed E-state index contributed by atoms with van der Waals surface area (Å²) in [4.78, 5) is 22.1. The molecule has 3 aromatic rings. The number of rotatable bonds is 3. The highest BCUT2D eigenvalue weighted by Gasteiger charge is 2.25. The molecule has 7 nitrogen and oxygen atoms in total. The number of anilines is 2. The van der Waals surface area contributed by atoms with Crippen LogP contribution >= 0.6 is 0 Å². The first kappa shape index (κ1) is 17.2. The summed E-state index contributed by atoms with van der Waals surface area (Å²) in [5, 5.41) is 10.0. The predicted octanol–water partition coefficient (Wildman–Crippen LogP) is 2.61. The van der Waals surface area contributed by atoms with Crippen LogP contribution in [0, 0.1) is 0 Å². The van der Waals surface area contributed by atoms with Gasteiger partial charge in [0.05, 0.1) is 5.69 Å². The van der Waals surface area contributed by atoms with E-state index >= 15 is 0 Å². The van der Waals surface area contributed by atoms with Crippen LogP contribution in [0.5, 0.6) is 0 Å². The number of nitrogens with zero attached hydrogens (tertiary/aromatic N) is 3. The quantitative estimate of drug-likeness (QED) is 0.640. The van der Waals surface area contributed by atoms with Crippen molar-refractivity contribution in [1.82, 2.24) is 24.9 Å². The van der Waals surface area contributed by atoms with Gasteiger partial charge in [-0.05, 0) is 86.7 Å². The molecule has 6 rings (SSSR count). The number of aromatic amines is 1. The van der Waals surface area contributed by atoms with Gasteiger partial charge in [-0.25, -0.2) is 4.98 Å². The molecule has 2 aliphatic carbocycles. The second-order valence-electron chi connectivity index (χ2n) is 8.61. The van der Waals surface area contributed by atoms with Gasteiger partial charge < -0.3 is 10.6 Å². The van der Waals surface area contributed by atoms with E-state index in [4.69, 9.17) is 4.98 Å². The predicted molar refractivity (Wildman–Crippen MR) is 112 cm³/mol. The Morgan fingerprint density at radius 1 is 0.966 bits per heavy atom. The SMILES string of the molecule is O=c1cc(C2CCNCC2)nc2nc(Nc3c4c(cc5c3CCC5)CCC4)[nH]n12. The number of fused-ring (bicyclic) bond motifs is 3. The molecule has 0 amide bonds. The molecule has 0 atom stereocenters. The summed E-state index contributed by atoms with van der Waals surface area (Å²) in [7, 11) is 0. The van der Waals surface area contributed by atoms with Gasteiger partial charge in [-0.2, -0.15) is 9.50 Å². The average molecular weight is 390 g/mol. The van der Waals surface area contributed by atoms with Crippen LogP contribution in [0.2, 0.25) is 0 Å². The topological polar surface area (TPSA) is 87.1 Å². The van der Waals surface area contributed by atoms with Gasteiger partial charge in [0.1, 0.15) is 0 Å². The third kappa shape index (κ3) is 2.87. The molecule has 29 heavy (non-hydrogen) atoms. The fourth-order valence-electron chi connectivity index (χ4n) is 5.37. The minimum atomic E-state index is -0.0902. The van der Waals surface area contributed by atoms with Crippen LogP contribution in [0.4, 0.5) is 11.6 Å². The van der Waals surface area contributed by atoms with Crippen molar-refractivity contribution >= 4 is 17.4 Å². The number of hydrogen-bond acceptors (Lipinski definition) is 5. The minimum absolute atomic E-state index is 0.0902. The van der Waals surface area contributed by atoms with Crippen molar-refractivity contribution in [2.75, 3.05) is 18.4 Å². The number of H-pyrrole nitrogens is 1. The lowest BCUT2D eigenvalue weighted by molar-refractivity contribution is 0.453. The molecular formula is C22H26N6O. The molecule has 1 saturated heterocycles. The number of hydrogen-bond donors (Lipinski definition) is 3. The van der Waals surface area contributed by atoms with Gasteiger partial charge in [0.25, 0.3) is 11.3 Å². The van der Waals surface area contributed by atoms with E-state index in [1.807, 2.05) is 0 Å². The van der Waals surface area contributed by atoms with E-state index in [9.17, 15) is 4.79 Å². The van der Waals surface area contributed by atoms with Gasteiger partial charge in [0.15, 0.2) is 0 Å². The first-order valence-corrected chi connectivity index (χ1v) is 10.9. The zero-order chi connectivity index (χ0) is 19.4. The number of aryl methyl sites for hydroxylation is 2. The molecule has 0 spiro atoms. The van der Waals surface area contributed by atoms with Crippen molar-refractivity contribution in [1.29, 1.82) is 0 Å². The molecule has 3 aliphatic rings. The molecule has 2 aromatic heterocycles. The summed E-state index contributed by atoms with van der Waals surface area (Å²) in [5.41, 5.74) is 7.82. The second kappa shape index (κ2) is 6.69. The first-order chi connectivity index (χ1) is 14.3.